The van der Waals surface area contributed by atoms with E-state index >= 15 is 0 Å². The van der Waals surface area contributed by atoms with Gasteiger partial charge in [0.25, 0.3) is 0 Å². The molecule has 1 N–H and O–H groups in total. The average molecular weight is 355 g/mol. The van der Waals surface area contributed by atoms with E-state index in [0.29, 0.717) is 0 Å². The Labute approximate surface area is 147 Å². The van der Waals surface area contributed by atoms with E-state index in [1.807, 2.05) is 0 Å². The molecule has 0 spiro atoms. The number of hydrogen-bond donors (Lipinski definition) is 1. The Kier molecular flexibility index (Phi) is 5.64. The van der Waals surface area contributed by atoms with Crippen molar-refractivity contribution in [2.75, 3.05) is 29.6 Å². The number of piperidine rings is 1. The van der Waals surface area contributed by atoms with Crippen molar-refractivity contribution < 1.29 is 8.42 Å². The van der Waals surface area contributed by atoms with Gasteiger partial charge in [0.1, 0.15) is 23.9 Å². The van der Waals surface area contributed by atoms with Crippen molar-refractivity contribution in [3.63, 3.8) is 0 Å². The summed E-state index contributed by atoms with van der Waals surface area (Å²) in [6, 6.07) is 9.87. The smallest absolute Gasteiger partial charge is 0.177 e. The number of nitriles is 3. The number of rotatable bonds is 4. The van der Waals surface area contributed by atoms with Crippen LogP contribution < -0.4 is 10.2 Å². The first kappa shape index (κ1) is 18.3. The number of nitrogens with zero attached hydrogens (tertiary/aromatic N) is 4. The van der Waals surface area contributed by atoms with Crippen LogP contribution >= 0.6 is 0 Å². The van der Waals surface area contributed by atoms with Gasteiger partial charge in [0.2, 0.25) is 0 Å². The summed E-state index contributed by atoms with van der Waals surface area (Å²) >= 11 is 0. The third-order valence-electron chi connectivity index (χ3n) is 3.93. The highest BCUT2D eigenvalue weighted by molar-refractivity contribution is 7.90. The molecule has 1 fully saturated rings. The maximum absolute atomic E-state index is 12.0. The lowest BCUT2D eigenvalue weighted by Crippen LogP contribution is -2.29. The predicted molar refractivity (Wildman–Crippen MR) is 93.1 cm³/mol. The molecular weight excluding hydrogens is 338 g/mol. The molecule has 0 radical (unpaired) electrons. The van der Waals surface area contributed by atoms with Gasteiger partial charge in [-0.1, -0.05) is 0 Å². The standard InChI is InChI=1S/C17H17N5O2S/c1-25(23,24)17-6-5-14(22-7-3-2-4-8-22)9-15(17)21-16(12-20)13(10-18)11-19/h5-6,9,21H,2-4,7-8H2,1H3. The second-order valence-electron chi connectivity index (χ2n) is 5.71. The van der Waals surface area contributed by atoms with Crippen LogP contribution in [0.4, 0.5) is 11.4 Å². The quantitative estimate of drug-likeness (QED) is 0.823. The van der Waals surface area contributed by atoms with Crippen molar-refractivity contribution in [2.45, 2.75) is 24.2 Å². The largest absolute Gasteiger partial charge is 0.371 e. The minimum Gasteiger partial charge on any atom is -0.371 e. The van der Waals surface area contributed by atoms with Crippen LogP contribution in [0.15, 0.2) is 34.4 Å². The second-order valence-corrected chi connectivity index (χ2v) is 7.69. The Bertz CT molecular complexity index is 907. The zero-order valence-corrected chi connectivity index (χ0v) is 14.6. The zero-order chi connectivity index (χ0) is 18.4. The zero-order valence-electron chi connectivity index (χ0n) is 13.8. The normalized spacial score (nSPS) is 13.9. The molecule has 0 unspecified atom stereocenters. The number of nitrogens with one attached hydrogen (secondary N) is 1. The molecule has 0 saturated carbocycles. The van der Waals surface area contributed by atoms with Gasteiger partial charge in [-0.2, -0.15) is 15.8 Å². The molecular formula is C17H17N5O2S. The lowest BCUT2D eigenvalue weighted by atomic mass is 10.1. The van der Waals surface area contributed by atoms with Crippen molar-refractivity contribution in [2.24, 2.45) is 0 Å². The van der Waals surface area contributed by atoms with Crippen molar-refractivity contribution in [3.05, 3.63) is 29.5 Å². The second kappa shape index (κ2) is 7.70. The van der Waals surface area contributed by atoms with E-state index < -0.39 is 15.4 Å². The lowest BCUT2D eigenvalue weighted by molar-refractivity contribution is 0.577. The van der Waals surface area contributed by atoms with Crippen LogP contribution in [0.5, 0.6) is 0 Å². The molecule has 128 valence electrons. The fraction of sp³-hybridized carbons (Fsp3) is 0.353. The van der Waals surface area contributed by atoms with E-state index in [2.05, 4.69) is 10.2 Å². The van der Waals surface area contributed by atoms with E-state index in [1.165, 1.54) is 6.07 Å². The van der Waals surface area contributed by atoms with Gasteiger partial charge < -0.3 is 10.2 Å². The minimum atomic E-state index is -3.55. The molecule has 1 heterocycles. The van der Waals surface area contributed by atoms with E-state index in [4.69, 9.17) is 10.5 Å². The molecule has 1 aromatic rings. The summed E-state index contributed by atoms with van der Waals surface area (Å²) in [5.74, 6) is 0. The van der Waals surface area contributed by atoms with Crippen LogP contribution in [0.1, 0.15) is 19.3 Å². The van der Waals surface area contributed by atoms with Crippen molar-refractivity contribution in [1.82, 2.24) is 0 Å². The minimum absolute atomic E-state index is 0.0104. The molecule has 8 heteroatoms. The molecule has 0 amide bonds. The Morgan fingerprint density at radius 1 is 1.08 bits per heavy atom. The Balaban J connectivity index is 2.53. The first-order valence-corrected chi connectivity index (χ1v) is 9.60. The van der Waals surface area contributed by atoms with Gasteiger partial charge in [-0.15, -0.1) is 0 Å². The summed E-state index contributed by atoms with van der Waals surface area (Å²) in [6.07, 6.45) is 4.36. The number of hydrogen-bond acceptors (Lipinski definition) is 7. The van der Waals surface area contributed by atoms with Crippen LogP contribution in [0.3, 0.4) is 0 Å². The average Bonchev–Trinajstić information content (AvgIpc) is 2.61. The van der Waals surface area contributed by atoms with Crippen LogP contribution in [-0.4, -0.2) is 27.8 Å². The van der Waals surface area contributed by atoms with Crippen molar-refractivity contribution in [3.8, 4) is 18.2 Å². The topological polar surface area (TPSA) is 121 Å². The number of sulfone groups is 1. The van der Waals surface area contributed by atoms with E-state index in [1.54, 1.807) is 30.3 Å². The summed E-state index contributed by atoms with van der Waals surface area (Å²) in [7, 11) is -3.55. The van der Waals surface area contributed by atoms with Crippen molar-refractivity contribution in [1.29, 1.82) is 15.8 Å². The maximum Gasteiger partial charge on any atom is 0.177 e. The Morgan fingerprint density at radius 3 is 2.24 bits per heavy atom. The van der Waals surface area contributed by atoms with Gasteiger partial charge in [0.05, 0.1) is 10.6 Å². The van der Waals surface area contributed by atoms with Crippen LogP contribution in [-0.2, 0) is 9.84 Å². The Morgan fingerprint density at radius 2 is 1.72 bits per heavy atom. The predicted octanol–water partition coefficient (Wildman–Crippen LogP) is 2.32. The molecule has 25 heavy (non-hydrogen) atoms. The fourth-order valence-electron chi connectivity index (χ4n) is 2.71. The van der Waals surface area contributed by atoms with Crippen LogP contribution in [0, 0.1) is 34.0 Å². The molecule has 0 aliphatic carbocycles. The third kappa shape index (κ3) is 4.29. The summed E-state index contributed by atoms with van der Waals surface area (Å²) in [5, 5.41) is 29.7. The van der Waals surface area contributed by atoms with E-state index in [-0.39, 0.29) is 16.3 Å². The van der Waals surface area contributed by atoms with E-state index in [9.17, 15) is 13.7 Å². The number of anilines is 2. The summed E-state index contributed by atoms with van der Waals surface area (Å²) in [5.41, 5.74) is 0.350. The first-order chi connectivity index (χ1) is 11.9. The summed E-state index contributed by atoms with van der Waals surface area (Å²) in [4.78, 5) is 2.16. The van der Waals surface area contributed by atoms with Gasteiger partial charge in [-0.05, 0) is 37.5 Å². The maximum atomic E-state index is 12.0. The lowest BCUT2D eigenvalue weighted by Gasteiger charge is -2.29. The van der Waals surface area contributed by atoms with Gasteiger partial charge in [0.15, 0.2) is 15.4 Å². The van der Waals surface area contributed by atoms with Gasteiger partial charge in [-0.3, -0.25) is 0 Å². The molecule has 1 saturated heterocycles. The molecule has 7 nitrogen and oxygen atoms in total. The summed E-state index contributed by atoms with van der Waals surface area (Å²) < 4.78 is 24.1. The van der Waals surface area contributed by atoms with Crippen LogP contribution in [0.25, 0.3) is 0 Å². The SMILES string of the molecule is CS(=O)(=O)c1ccc(N2CCCCC2)cc1NC(C#N)=C(C#N)C#N. The molecule has 2 rings (SSSR count). The molecule has 1 aliphatic heterocycles. The van der Waals surface area contributed by atoms with Gasteiger partial charge >= 0.3 is 0 Å². The third-order valence-corrected chi connectivity index (χ3v) is 5.08. The van der Waals surface area contributed by atoms with Gasteiger partial charge in [-0.25, -0.2) is 8.42 Å². The highest BCUT2D eigenvalue weighted by Gasteiger charge is 2.19. The first-order valence-electron chi connectivity index (χ1n) is 7.71. The highest BCUT2D eigenvalue weighted by Crippen LogP contribution is 2.30. The monoisotopic (exact) mass is 355 g/mol. The van der Waals surface area contributed by atoms with Crippen molar-refractivity contribution >= 4 is 21.2 Å². The van der Waals surface area contributed by atoms with E-state index in [0.717, 1.165) is 44.3 Å². The highest BCUT2D eigenvalue weighted by atomic mass is 32.2. The number of benzene rings is 1. The molecule has 0 bridgehead atoms. The molecule has 1 aliphatic rings. The molecule has 0 atom stereocenters. The number of allylic oxidation sites excluding steroid dienone is 2. The molecule has 1 aromatic carbocycles. The Hall–Kier alpha value is -3.02. The van der Waals surface area contributed by atoms with Crippen LogP contribution in [0.2, 0.25) is 0 Å². The van der Waals surface area contributed by atoms with Gasteiger partial charge in [0, 0.05) is 25.0 Å². The summed E-state index contributed by atoms with van der Waals surface area (Å²) in [6.45, 7) is 1.75. The molecule has 0 aromatic heterocycles. The fourth-order valence-corrected chi connectivity index (χ4v) is 3.53.